The molecular formula is C27H30N4O3S. The number of benzene rings is 2. The number of nitrogens with one attached hydrogen (secondary N) is 3. The van der Waals surface area contributed by atoms with E-state index in [1.165, 1.54) is 24.2 Å². The maximum atomic E-state index is 12.6. The lowest BCUT2D eigenvalue weighted by Gasteiger charge is -2.19. The standard InChI is InChI=1S/C27H30N4O3S/c1-19(16-25(32)30-22-6-4-7-23(17-22)31-13-2-3-14-31)29-26(33)21-11-9-20(10-12-21)18-28-27(34)24-8-5-15-35-24/h4-12,15,17,19H,2-3,13-14,16,18H2,1H3,(H,28,34)(H,29,33)(H,30,32). The van der Waals surface area contributed by atoms with Crippen LogP contribution in [-0.4, -0.2) is 36.9 Å². The van der Waals surface area contributed by atoms with E-state index in [4.69, 9.17) is 0 Å². The predicted octanol–water partition coefficient (Wildman–Crippen LogP) is 4.43. The number of rotatable bonds is 9. The minimum atomic E-state index is -0.325. The Kier molecular flexibility index (Phi) is 8.15. The molecule has 3 N–H and O–H groups in total. The van der Waals surface area contributed by atoms with Gasteiger partial charge in [0.15, 0.2) is 0 Å². The lowest BCUT2D eigenvalue weighted by Crippen LogP contribution is -2.35. The van der Waals surface area contributed by atoms with Crippen molar-refractivity contribution < 1.29 is 14.4 Å². The summed E-state index contributed by atoms with van der Waals surface area (Å²) < 4.78 is 0. The summed E-state index contributed by atoms with van der Waals surface area (Å²) in [5.41, 5.74) is 3.29. The average molecular weight is 491 g/mol. The lowest BCUT2D eigenvalue weighted by atomic mass is 10.1. The Labute approximate surface area is 209 Å². The summed E-state index contributed by atoms with van der Waals surface area (Å²) in [7, 11) is 0. The largest absolute Gasteiger partial charge is 0.371 e. The highest BCUT2D eigenvalue weighted by Gasteiger charge is 2.16. The molecule has 1 aliphatic rings. The first kappa shape index (κ1) is 24.5. The lowest BCUT2D eigenvalue weighted by molar-refractivity contribution is -0.116. The van der Waals surface area contributed by atoms with Crippen molar-refractivity contribution in [2.45, 2.75) is 38.8 Å². The molecule has 1 aromatic heterocycles. The zero-order valence-electron chi connectivity index (χ0n) is 19.8. The molecule has 1 atom stereocenters. The molecule has 3 amide bonds. The second-order valence-corrected chi connectivity index (χ2v) is 9.68. The fourth-order valence-electron chi connectivity index (χ4n) is 4.06. The number of thiophene rings is 1. The molecule has 1 aliphatic heterocycles. The molecule has 3 aromatic rings. The van der Waals surface area contributed by atoms with Crippen LogP contribution in [-0.2, 0) is 11.3 Å². The molecule has 35 heavy (non-hydrogen) atoms. The summed E-state index contributed by atoms with van der Waals surface area (Å²) in [5.74, 6) is -0.500. The molecule has 8 heteroatoms. The molecule has 0 saturated carbocycles. The molecular weight excluding hydrogens is 460 g/mol. The third-order valence-electron chi connectivity index (χ3n) is 5.88. The molecule has 1 saturated heterocycles. The Morgan fingerprint density at radius 2 is 1.74 bits per heavy atom. The van der Waals surface area contributed by atoms with E-state index in [9.17, 15) is 14.4 Å². The number of hydrogen-bond donors (Lipinski definition) is 3. The van der Waals surface area contributed by atoms with Crippen molar-refractivity contribution in [2.75, 3.05) is 23.3 Å². The van der Waals surface area contributed by atoms with Crippen LogP contribution >= 0.6 is 11.3 Å². The number of carbonyl (C=O) groups is 3. The second-order valence-electron chi connectivity index (χ2n) is 8.73. The Bertz CT molecular complexity index is 1160. The van der Waals surface area contributed by atoms with E-state index < -0.39 is 0 Å². The Morgan fingerprint density at radius 3 is 2.46 bits per heavy atom. The van der Waals surface area contributed by atoms with Gasteiger partial charge in [-0.15, -0.1) is 11.3 Å². The number of hydrogen-bond acceptors (Lipinski definition) is 5. The van der Waals surface area contributed by atoms with Crippen LogP contribution in [0.3, 0.4) is 0 Å². The fraction of sp³-hybridized carbons (Fsp3) is 0.296. The van der Waals surface area contributed by atoms with Gasteiger partial charge in [-0.1, -0.05) is 24.3 Å². The fourth-order valence-corrected chi connectivity index (χ4v) is 4.70. The summed E-state index contributed by atoms with van der Waals surface area (Å²) in [5, 5.41) is 10.5. The molecule has 1 unspecified atom stereocenters. The van der Waals surface area contributed by atoms with Crippen LogP contribution in [0.25, 0.3) is 0 Å². The summed E-state index contributed by atoms with van der Waals surface area (Å²) in [6.07, 6.45) is 2.57. The van der Waals surface area contributed by atoms with Crippen LogP contribution in [0, 0.1) is 0 Å². The second kappa shape index (κ2) is 11.7. The maximum absolute atomic E-state index is 12.6. The van der Waals surface area contributed by atoms with E-state index in [1.54, 1.807) is 18.2 Å². The molecule has 4 rings (SSSR count). The summed E-state index contributed by atoms with van der Waals surface area (Å²) in [4.78, 5) is 40.2. The molecule has 2 heterocycles. The SMILES string of the molecule is CC(CC(=O)Nc1cccc(N2CCCC2)c1)NC(=O)c1ccc(CNC(=O)c2cccs2)cc1. The monoisotopic (exact) mass is 490 g/mol. The van der Waals surface area contributed by atoms with Crippen LogP contribution in [0.1, 0.15) is 51.8 Å². The van der Waals surface area contributed by atoms with Crippen molar-refractivity contribution in [3.05, 3.63) is 82.0 Å². The molecule has 1 fully saturated rings. The van der Waals surface area contributed by atoms with Gasteiger partial charge in [0.05, 0.1) is 4.88 Å². The highest BCUT2D eigenvalue weighted by molar-refractivity contribution is 7.12. The van der Waals surface area contributed by atoms with Gasteiger partial charge in [0, 0.05) is 49.0 Å². The smallest absolute Gasteiger partial charge is 0.261 e. The van der Waals surface area contributed by atoms with Crippen molar-refractivity contribution >= 4 is 40.4 Å². The van der Waals surface area contributed by atoms with Gasteiger partial charge in [-0.05, 0) is 67.1 Å². The maximum Gasteiger partial charge on any atom is 0.261 e. The Hall–Kier alpha value is -3.65. The van der Waals surface area contributed by atoms with Crippen LogP contribution in [0.4, 0.5) is 11.4 Å². The molecule has 0 bridgehead atoms. The van der Waals surface area contributed by atoms with E-state index in [0.29, 0.717) is 17.0 Å². The number of amides is 3. The molecule has 0 aliphatic carbocycles. The van der Waals surface area contributed by atoms with E-state index in [2.05, 4.69) is 26.9 Å². The Balaban J connectivity index is 1.23. The summed E-state index contributed by atoms with van der Waals surface area (Å²) in [6, 6.07) is 18.3. The molecule has 182 valence electrons. The predicted molar refractivity (Wildman–Crippen MR) is 140 cm³/mol. The van der Waals surface area contributed by atoms with E-state index in [1.807, 2.05) is 48.7 Å². The van der Waals surface area contributed by atoms with Crippen molar-refractivity contribution in [1.29, 1.82) is 0 Å². The minimum absolute atomic E-state index is 0.114. The zero-order valence-corrected chi connectivity index (χ0v) is 20.6. The number of anilines is 2. The quantitative estimate of drug-likeness (QED) is 0.414. The van der Waals surface area contributed by atoms with Gasteiger partial charge >= 0.3 is 0 Å². The van der Waals surface area contributed by atoms with E-state index in [0.717, 1.165) is 30.0 Å². The molecule has 7 nitrogen and oxygen atoms in total. The first-order valence-corrected chi connectivity index (χ1v) is 12.7. The van der Waals surface area contributed by atoms with Gasteiger partial charge < -0.3 is 20.9 Å². The van der Waals surface area contributed by atoms with Crippen molar-refractivity contribution in [3.63, 3.8) is 0 Å². The van der Waals surface area contributed by atoms with Gasteiger partial charge in [0.2, 0.25) is 5.91 Å². The summed E-state index contributed by atoms with van der Waals surface area (Å²) >= 11 is 1.39. The van der Waals surface area contributed by atoms with Crippen molar-refractivity contribution in [2.24, 2.45) is 0 Å². The van der Waals surface area contributed by atoms with Gasteiger partial charge in [0.1, 0.15) is 0 Å². The van der Waals surface area contributed by atoms with Crippen LogP contribution < -0.4 is 20.9 Å². The minimum Gasteiger partial charge on any atom is -0.371 e. The average Bonchev–Trinajstić information content (AvgIpc) is 3.58. The van der Waals surface area contributed by atoms with Crippen LogP contribution in [0.15, 0.2) is 66.0 Å². The topological polar surface area (TPSA) is 90.5 Å². The number of carbonyl (C=O) groups excluding carboxylic acids is 3. The molecule has 0 radical (unpaired) electrons. The molecule has 0 spiro atoms. The normalized spacial score (nSPS) is 13.8. The third kappa shape index (κ3) is 6.93. The first-order chi connectivity index (χ1) is 17.0. The first-order valence-electron chi connectivity index (χ1n) is 11.8. The molecule has 2 aromatic carbocycles. The zero-order chi connectivity index (χ0) is 24.6. The van der Waals surface area contributed by atoms with Crippen molar-refractivity contribution in [3.8, 4) is 0 Å². The van der Waals surface area contributed by atoms with E-state index in [-0.39, 0.29) is 30.2 Å². The summed E-state index contributed by atoms with van der Waals surface area (Å²) in [6.45, 7) is 4.29. The number of nitrogens with zero attached hydrogens (tertiary/aromatic N) is 1. The van der Waals surface area contributed by atoms with Gasteiger partial charge in [0.25, 0.3) is 11.8 Å². The highest BCUT2D eigenvalue weighted by atomic mass is 32.1. The Morgan fingerprint density at radius 1 is 0.971 bits per heavy atom. The van der Waals surface area contributed by atoms with E-state index >= 15 is 0 Å². The van der Waals surface area contributed by atoms with Crippen LogP contribution in [0.5, 0.6) is 0 Å². The van der Waals surface area contributed by atoms with Crippen LogP contribution in [0.2, 0.25) is 0 Å². The van der Waals surface area contributed by atoms with Crippen molar-refractivity contribution in [1.82, 2.24) is 10.6 Å². The van der Waals surface area contributed by atoms with Gasteiger partial charge in [-0.25, -0.2) is 0 Å². The van der Waals surface area contributed by atoms with Gasteiger partial charge in [-0.3, -0.25) is 14.4 Å². The highest BCUT2D eigenvalue weighted by Crippen LogP contribution is 2.23. The third-order valence-corrected chi connectivity index (χ3v) is 6.75. The van der Waals surface area contributed by atoms with Gasteiger partial charge in [-0.2, -0.15) is 0 Å².